The number of aromatic nitrogens is 4. The number of hydrogen-bond donors (Lipinski definition) is 2. The summed E-state index contributed by atoms with van der Waals surface area (Å²) >= 11 is 0. The van der Waals surface area contributed by atoms with E-state index in [0.717, 1.165) is 11.1 Å². The Kier molecular flexibility index (Phi) is 7.81. The van der Waals surface area contributed by atoms with Gasteiger partial charge in [0.15, 0.2) is 5.75 Å². The van der Waals surface area contributed by atoms with Crippen molar-refractivity contribution in [3.63, 3.8) is 0 Å². The van der Waals surface area contributed by atoms with Crippen molar-refractivity contribution in [1.29, 1.82) is 0 Å². The van der Waals surface area contributed by atoms with Crippen LogP contribution in [0.3, 0.4) is 0 Å². The first-order chi connectivity index (χ1) is 19.7. The Balaban J connectivity index is 1.64. The first-order valence-electron chi connectivity index (χ1n) is 13.5. The molecule has 3 aromatic carbocycles. The largest absolute Gasteiger partial charge is 0.573 e. The van der Waals surface area contributed by atoms with Crippen LogP contribution in [0.4, 0.5) is 13.2 Å². The second kappa shape index (κ2) is 11.1. The first kappa shape index (κ1) is 29.6. The highest BCUT2D eigenvalue weighted by Crippen LogP contribution is 2.41. The molecule has 0 aliphatic heterocycles. The molecule has 7 nitrogen and oxygen atoms in total. The highest BCUT2D eigenvalue weighted by molar-refractivity contribution is 7.70. The van der Waals surface area contributed by atoms with E-state index in [0.29, 0.717) is 40.2 Å². The molecule has 0 radical (unpaired) electrons. The minimum Gasteiger partial charge on any atom is -0.403 e. The van der Waals surface area contributed by atoms with E-state index >= 15 is 0 Å². The number of fused-ring (bicyclic) bond motifs is 1. The van der Waals surface area contributed by atoms with E-state index in [-0.39, 0.29) is 16.9 Å². The molecule has 0 unspecified atom stereocenters. The van der Waals surface area contributed by atoms with Crippen molar-refractivity contribution in [1.82, 2.24) is 19.7 Å². The number of aromatic amines is 1. The number of nitrogens with zero attached hydrogens (tertiary/aromatic N) is 3. The smallest absolute Gasteiger partial charge is 0.403 e. The summed E-state index contributed by atoms with van der Waals surface area (Å²) in [5.74, 6) is -0.118. The van der Waals surface area contributed by atoms with Crippen molar-refractivity contribution in [2.24, 2.45) is 0 Å². The molecular formula is C31H32F3N4O3P. The van der Waals surface area contributed by atoms with Crippen molar-refractivity contribution >= 4 is 23.5 Å². The number of aliphatic hydroxyl groups excluding tert-OH is 1. The SMILES string of the molecule is Cc1c(C(C)C)c(-c2cccc3[nH]c([C@@H](O)Cc4ccccc4)nc23)nn1-c1ccc(P(C)(C)=O)cc1OC(F)(F)F. The van der Waals surface area contributed by atoms with Crippen LogP contribution in [0.15, 0.2) is 66.7 Å². The lowest BCUT2D eigenvalue weighted by molar-refractivity contribution is -0.274. The summed E-state index contributed by atoms with van der Waals surface area (Å²) in [6.45, 7) is 8.74. The monoisotopic (exact) mass is 596 g/mol. The number of hydrogen-bond acceptors (Lipinski definition) is 5. The number of halogens is 3. The third kappa shape index (κ3) is 6.01. The zero-order chi connectivity index (χ0) is 30.4. The third-order valence-corrected chi connectivity index (χ3v) is 8.65. The number of aliphatic hydroxyl groups is 1. The zero-order valence-electron chi connectivity index (χ0n) is 23.9. The average molecular weight is 597 g/mol. The maximum Gasteiger partial charge on any atom is 0.573 e. The highest BCUT2D eigenvalue weighted by atomic mass is 31.2. The minimum absolute atomic E-state index is 0.0381. The van der Waals surface area contributed by atoms with Gasteiger partial charge in [-0.25, -0.2) is 9.67 Å². The summed E-state index contributed by atoms with van der Waals surface area (Å²) < 4.78 is 58.9. The van der Waals surface area contributed by atoms with Crippen molar-refractivity contribution in [3.05, 3.63) is 89.4 Å². The van der Waals surface area contributed by atoms with Gasteiger partial charge in [-0.2, -0.15) is 5.10 Å². The van der Waals surface area contributed by atoms with Crippen LogP contribution in [0.1, 0.15) is 48.5 Å². The molecule has 5 rings (SSSR count). The number of para-hydroxylation sites is 1. The molecule has 220 valence electrons. The number of benzene rings is 3. The van der Waals surface area contributed by atoms with Gasteiger partial charge in [0.2, 0.25) is 0 Å². The molecule has 0 saturated carbocycles. The fourth-order valence-corrected chi connectivity index (χ4v) is 6.05. The molecule has 11 heteroatoms. The standard InChI is InChI=1S/C31H32F3N4O3P/c1-18(2)27-19(3)38(24-15-14-21(42(4,5)40)17-26(24)41-31(32,33)34)37-29(27)22-12-9-13-23-28(22)36-30(35-23)25(39)16-20-10-7-6-8-11-20/h6-15,17-18,25,39H,16H2,1-5H3,(H,35,36)/t25-/m0/s1. The third-order valence-electron chi connectivity index (χ3n) is 7.13. The summed E-state index contributed by atoms with van der Waals surface area (Å²) in [4.78, 5) is 7.96. The first-order valence-corrected chi connectivity index (χ1v) is 16.1. The fourth-order valence-electron chi connectivity index (χ4n) is 5.19. The van der Waals surface area contributed by atoms with E-state index in [2.05, 4.69) is 9.72 Å². The van der Waals surface area contributed by atoms with Gasteiger partial charge in [0.05, 0.1) is 16.7 Å². The van der Waals surface area contributed by atoms with E-state index < -0.39 is 25.4 Å². The number of nitrogens with one attached hydrogen (secondary N) is 1. The number of alkyl halides is 3. The van der Waals surface area contributed by atoms with E-state index in [9.17, 15) is 22.8 Å². The lowest BCUT2D eigenvalue weighted by Crippen LogP contribution is -2.20. The second-order valence-corrected chi connectivity index (χ2v) is 14.2. The fraction of sp³-hybridized carbons (Fsp3) is 0.290. The molecule has 0 bridgehead atoms. The van der Waals surface area contributed by atoms with Crippen molar-refractivity contribution in [3.8, 4) is 22.7 Å². The van der Waals surface area contributed by atoms with Crippen LogP contribution in [0, 0.1) is 6.92 Å². The van der Waals surface area contributed by atoms with Gasteiger partial charge in [0.1, 0.15) is 24.8 Å². The van der Waals surface area contributed by atoms with Crippen LogP contribution in [0.2, 0.25) is 0 Å². The molecule has 1 atom stereocenters. The van der Waals surface area contributed by atoms with Gasteiger partial charge < -0.3 is 19.4 Å². The number of ether oxygens (including phenoxy) is 1. The molecule has 2 heterocycles. The van der Waals surface area contributed by atoms with Gasteiger partial charge in [-0.15, -0.1) is 13.2 Å². The van der Waals surface area contributed by atoms with E-state index in [4.69, 9.17) is 10.1 Å². The van der Waals surface area contributed by atoms with Gasteiger partial charge in [-0.1, -0.05) is 56.3 Å². The summed E-state index contributed by atoms with van der Waals surface area (Å²) in [5, 5.41) is 16.0. The Morgan fingerprint density at radius 3 is 2.40 bits per heavy atom. The molecule has 0 spiro atoms. The van der Waals surface area contributed by atoms with Crippen molar-refractivity contribution in [2.75, 3.05) is 13.3 Å². The topological polar surface area (TPSA) is 93.0 Å². The molecule has 0 aliphatic rings. The molecule has 42 heavy (non-hydrogen) atoms. The summed E-state index contributed by atoms with van der Waals surface area (Å²) in [5.41, 5.74) is 5.02. The summed E-state index contributed by atoms with van der Waals surface area (Å²) in [6, 6.07) is 19.3. The lowest BCUT2D eigenvalue weighted by atomic mass is 9.96. The molecule has 2 aromatic heterocycles. The second-order valence-electron chi connectivity index (χ2n) is 11.0. The zero-order valence-corrected chi connectivity index (χ0v) is 24.8. The predicted molar refractivity (Wildman–Crippen MR) is 158 cm³/mol. The highest BCUT2D eigenvalue weighted by Gasteiger charge is 2.34. The van der Waals surface area contributed by atoms with Crippen LogP contribution >= 0.6 is 7.14 Å². The maximum atomic E-state index is 13.5. The van der Waals surface area contributed by atoms with E-state index in [1.165, 1.54) is 30.1 Å². The molecule has 0 amide bonds. The Hall–Kier alpha value is -3.88. The predicted octanol–water partition coefficient (Wildman–Crippen LogP) is 7.27. The molecular weight excluding hydrogens is 564 g/mol. The summed E-state index contributed by atoms with van der Waals surface area (Å²) in [7, 11) is -2.87. The number of rotatable bonds is 8. The average Bonchev–Trinajstić information content (AvgIpc) is 3.49. The van der Waals surface area contributed by atoms with Crippen LogP contribution < -0.4 is 10.0 Å². The van der Waals surface area contributed by atoms with Crippen LogP contribution in [-0.4, -0.2) is 44.5 Å². The molecule has 2 N–H and O–H groups in total. The maximum absolute atomic E-state index is 13.5. The van der Waals surface area contributed by atoms with E-state index in [1.807, 2.05) is 62.4 Å². The molecule has 0 saturated heterocycles. The van der Waals surface area contributed by atoms with Gasteiger partial charge >= 0.3 is 6.36 Å². The Labute approximate surface area is 241 Å². The quantitative estimate of drug-likeness (QED) is 0.184. The van der Waals surface area contributed by atoms with Gasteiger partial charge in [0.25, 0.3) is 0 Å². The van der Waals surface area contributed by atoms with Gasteiger partial charge in [-0.05, 0) is 56.0 Å². The lowest BCUT2D eigenvalue weighted by Gasteiger charge is -2.17. The molecule has 5 aromatic rings. The van der Waals surface area contributed by atoms with Gasteiger partial charge in [0, 0.05) is 28.5 Å². The van der Waals surface area contributed by atoms with Crippen molar-refractivity contribution in [2.45, 2.75) is 45.6 Å². The van der Waals surface area contributed by atoms with Crippen LogP contribution in [0.5, 0.6) is 5.75 Å². The van der Waals surface area contributed by atoms with Crippen LogP contribution in [0.25, 0.3) is 28.0 Å². The van der Waals surface area contributed by atoms with Crippen molar-refractivity contribution < 1.29 is 27.6 Å². The summed E-state index contributed by atoms with van der Waals surface area (Å²) in [6.07, 6.45) is -5.45. The van der Waals surface area contributed by atoms with Crippen LogP contribution in [-0.2, 0) is 11.0 Å². The molecule has 0 fully saturated rings. The number of imidazole rings is 1. The number of H-pyrrole nitrogens is 1. The van der Waals surface area contributed by atoms with Gasteiger partial charge in [-0.3, -0.25) is 0 Å². The van der Waals surface area contributed by atoms with E-state index in [1.54, 1.807) is 13.0 Å². The Morgan fingerprint density at radius 2 is 1.76 bits per heavy atom. The minimum atomic E-state index is -4.96. The normalized spacial score (nSPS) is 13.2. The molecule has 0 aliphatic carbocycles. The Morgan fingerprint density at radius 1 is 1.05 bits per heavy atom. The Bertz CT molecular complexity index is 1790.